The molecule has 102 valence electrons. The molecule has 20 heavy (non-hydrogen) atoms. The largest absolute Gasteiger partial charge is 0.493 e. The number of rotatable bonds is 5. The molecule has 0 bridgehead atoms. The van der Waals surface area contributed by atoms with Crippen molar-refractivity contribution in [3.8, 4) is 11.5 Å². The lowest BCUT2D eigenvalue weighted by Crippen LogP contribution is -2.00. The summed E-state index contributed by atoms with van der Waals surface area (Å²) in [6, 6.07) is 14.9. The van der Waals surface area contributed by atoms with Crippen molar-refractivity contribution in [3.05, 3.63) is 65.7 Å². The Morgan fingerprint density at radius 1 is 0.950 bits per heavy atom. The summed E-state index contributed by atoms with van der Waals surface area (Å²) in [6.07, 6.45) is 3.31. The molecule has 0 aliphatic heterocycles. The van der Waals surface area contributed by atoms with Gasteiger partial charge in [0.15, 0.2) is 17.3 Å². The molecule has 0 saturated carbocycles. The maximum atomic E-state index is 12.2. The van der Waals surface area contributed by atoms with E-state index in [9.17, 15) is 4.79 Å². The van der Waals surface area contributed by atoms with E-state index in [1.807, 2.05) is 30.3 Å². The Morgan fingerprint density at radius 3 is 2.35 bits per heavy atom. The normalized spacial score (nSPS) is 10.5. The summed E-state index contributed by atoms with van der Waals surface area (Å²) >= 11 is 0. The highest BCUT2D eigenvalue weighted by atomic mass is 16.5. The summed E-state index contributed by atoms with van der Waals surface area (Å²) in [5, 5.41) is 0. The van der Waals surface area contributed by atoms with Crippen LogP contribution >= 0.6 is 0 Å². The minimum Gasteiger partial charge on any atom is -0.493 e. The second-order valence-corrected chi connectivity index (χ2v) is 4.15. The van der Waals surface area contributed by atoms with E-state index in [0.29, 0.717) is 17.1 Å². The first-order chi connectivity index (χ1) is 9.76. The minimum atomic E-state index is -0.121. The SMILES string of the molecule is COc1cccc(C(=O)/C=C/c2ccccc2)c1OC. The topological polar surface area (TPSA) is 35.5 Å². The third-order valence-electron chi connectivity index (χ3n) is 2.90. The maximum absolute atomic E-state index is 12.2. The Kier molecular flexibility index (Phi) is 4.56. The van der Waals surface area contributed by atoms with E-state index in [0.717, 1.165) is 5.56 Å². The number of hydrogen-bond donors (Lipinski definition) is 0. The summed E-state index contributed by atoms with van der Waals surface area (Å²) in [5.41, 5.74) is 1.46. The van der Waals surface area contributed by atoms with Crippen molar-refractivity contribution in [1.29, 1.82) is 0 Å². The Hall–Kier alpha value is -2.55. The number of hydrogen-bond acceptors (Lipinski definition) is 3. The van der Waals surface area contributed by atoms with Crippen molar-refractivity contribution in [2.45, 2.75) is 0 Å². The van der Waals surface area contributed by atoms with Crippen LogP contribution < -0.4 is 9.47 Å². The van der Waals surface area contributed by atoms with E-state index in [1.54, 1.807) is 31.4 Å². The highest BCUT2D eigenvalue weighted by Gasteiger charge is 2.13. The molecule has 2 aromatic rings. The first-order valence-electron chi connectivity index (χ1n) is 6.24. The maximum Gasteiger partial charge on any atom is 0.189 e. The summed E-state index contributed by atoms with van der Waals surface area (Å²) in [7, 11) is 3.07. The van der Waals surface area contributed by atoms with E-state index < -0.39 is 0 Å². The monoisotopic (exact) mass is 268 g/mol. The van der Waals surface area contributed by atoms with Crippen molar-refractivity contribution in [3.63, 3.8) is 0 Å². The molecule has 2 aromatic carbocycles. The van der Waals surface area contributed by atoms with Gasteiger partial charge in [0.05, 0.1) is 19.8 Å². The van der Waals surface area contributed by atoms with Crippen LogP contribution in [-0.4, -0.2) is 20.0 Å². The van der Waals surface area contributed by atoms with Crippen molar-refractivity contribution in [1.82, 2.24) is 0 Å². The van der Waals surface area contributed by atoms with E-state index >= 15 is 0 Å². The highest BCUT2D eigenvalue weighted by Crippen LogP contribution is 2.31. The Morgan fingerprint density at radius 2 is 1.70 bits per heavy atom. The van der Waals surface area contributed by atoms with Crippen LogP contribution in [0.25, 0.3) is 6.08 Å². The van der Waals surface area contributed by atoms with Gasteiger partial charge in [-0.1, -0.05) is 42.5 Å². The summed E-state index contributed by atoms with van der Waals surface area (Å²) in [5.74, 6) is 0.883. The zero-order valence-electron chi connectivity index (χ0n) is 11.5. The fraction of sp³-hybridized carbons (Fsp3) is 0.118. The van der Waals surface area contributed by atoms with Gasteiger partial charge >= 0.3 is 0 Å². The molecular formula is C17H16O3. The minimum absolute atomic E-state index is 0.121. The van der Waals surface area contributed by atoms with E-state index in [-0.39, 0.29) is 5.78 Å². The first-order valence-corrected chi connectivity index (χ1v) is 6.24. The lowest BCUT2D eigenvalue weighted by atomic mass is 10.1. The van der Waals surface area contributed by atoms with Crippen LogP contribution in [0, 0.1) is 0 Å². The summed E-state index contributed by atoms with van der Waals surface area (Å²) in [6.45, 7) is 0. The second-order valence-electron chi connectivity index (χ2n) is 4.15. The molecule has 0 aliphatic carbocycles. The van der Waals surface area contributed by atoms with E-state index in [2.05, 4.69) is 0 Å². The van der Waals surface area contributed by atoms with Crippen LogP contribution in [-0.2, 0) is 0 Å². The molecule has 0 saturated heterocycles. The zero-order chi connectivity index (χ0) is 14.4. The molecule has 0 unspecified atom stereocenters. The number of ketones is 1. The Balaban J connectivity index is 2.28. The van der Waals surface area contributed by atoms with Crippen molar-refractivity contribution in [2.24, 2.45) is 0 Å². The van der Waals surface area contributed by atoms with Gasteiger partial charge in [0.2, 0.25) is 0 Å². The highest BCUT2D eigenvalue weighted by molar-refractivity contribution is 6.09. The van der Waals surface area contributed by atoms with Crippen LogP contribution in [0.5, 0.6) is 11.5 Å². The molecule has 0 aromatic heterocycles. The van der Waals surface area contributed by atoms with Gasteiger partial charge in [-0.15, -0.1) is 0 Å². The fourth-order valence-corrected chi connectivity index (χ4v) is 1.91. The molecule has 0 atom stereocenters. The smallest absolute Gasteiger partial charge is 0.189 e. The number of carbonyl (C=O) groups is 1. The molecule has 0 N–H and O–H groups in total. The van der Waals surface area contributed by atoms with Crippen molar-refractivity contribution < 1.29 is 14.3 Å². The Labute approximate surface area is 118 Å². The second kappa shape index (κ2) is 6.57. The van der Waals surface area contributed by atoms with Crippen LogP contribution in [0.2, 0.25) is 0 Å². The summed E-state index contributed by atoms with van der Waals surface area (Å²) < 4.78 is 10.4. The predicted molar refractivity (Wildman–Crippen MR) is 79.4 cm³/mol. The van der Waals surface area contributed by atoms with Gasteiger partial charge in [-0.3, -0.25) is 4.79 Å². The summed E-state index contributed by atoms with van der Waals surface area (Å²) in [4.78, 5) is 12.2. The van der Waals surface area contributed by atoms with Gasteiger partial charge in [-0.2, -0.15) is 0 Å². The van der Waals surface area contributed by atoms with Gasteiger partial charge in [-0.05, 0) is 23.8 Å². The third kappa shape index (κ3) is 3.06. The molecule has 0 spiro atoms. The lowest BCUT2D eigenvalue weighted by Gasteiger charge is -2.10. The zero-order valence-corrected chi connectivity index (χ0v) is 11.5. The molecule has 2 rings (SSSR count). The van der Waals surface area contributed by atoms with Gasteiger partial charge in [-0.25, -0.2) is 0 Å². The van der Waals surface area contributed by atoms with E-state index in [4.69, 9.17) is 9.47 Å². The molecule has 0 aliphatic rings. The number of benzene rings is 2. The fourth-order valence-electron chi connectivity index (χ4n) is 1.91. The van der Waals surface area contributed by atoms with Crippen LogP contribution in [0.15, 0.2) is 54.6 Å². The number of methoxy groups -OCH3 is 2. The van der Waals surface area contributed by atoms with Gasteiger partial charge in [0, 0.05) is 0 Å². The Bertz CT molecular complexity index is 615. The quantitative estimate of drug-likeness (QED) is 0.614. The number of para-hydroxylation sites is 1. The van der Waals surface area contributed by atoms with Crippen molar-refractivity contribution in [2.75, 3.05) is 14.2 Å². The molecule has 0 fully saturated rings. The average molecular weight is 268 g/mol. The van der Waals surface area contributed by atoms with Crippen molar-refractivity contribution >= 4 is 11.9 Å². The van der Waals surface area contributed by atoms with Gasteiger partial charge in [0.1, 0.15) is 0 Å². The number of carbonyl (C=O) groups excluding carboxylic acids is 1. The molecule has 3 heteroatoms. The molecule has 0 heterocycles. The molecular weight excluding hydrogens is 252 g/mol. The number of ether oxygens (including phenoxy) is 2. The lowest BCUT2D eigenvalue weighted by molar-refractivity contribution is 0.104. The standard InChI is InChI=1S/C17H16O3/c1-19-16-10-6-9-14(17(16)20-2)15(18)12-11-13-7-4-3-5-8-13/h3-12H,1-2H3/b12-11+. The van der Waals surface area contributed by atoms with Crippen LogP contribution in [0.4, 0.5) is 0 Å². The molecule has 0 radical (unpaired) electrons. The van der Waals surface area contributed by atoms with Gasteiger partial charge < -0.3 is 9.47 Å². The van der Waals surface area contributed by atoms with E-state index in [1.165, 1.54) is 13.2 Å². The van der Waals surface area contributed by atoms with Crippen LogP contribution in [0.3, 0.4) is 0 Å². The predicted octanol–water partition coefficient (Wildman–Crippen LogP) is 3.60. The van der Waals surface area contributed by atoms with Crippen LogP contribution in [0.1, 0.15) is 15.9 Å². The first kappa shape index (κ1) is 13.9. The van der Waals surface area contributed by atoms with Gasteiger partial charge in [0.25, 0.3) is 0 Å². The number of allylic oxidation sites excluding steroid dienone is 1. The molecule has 3 nitrogen and oxygen atoms in total. The molecule has 0 amide bonds. The third-order valence-corrected chi connectivity index (χ3v) is 2.90. The average Bonchev–Trinajstić information content (AvgIpc) is 2.52.